The third kappa shape index (κ3) is 3.44. The summed E-state index contributed by atoms with van der Waals surface area (Å²) in [5.41, 5.74) is 4.98. The van der Waals surface area contributed by atoms with Gasteiger partial charge in [0.25, 0.3) is 0 Å². The molecule has 0 aliphatic rings. The maximum Gasteiger partial charge on any atom is 0.162 e. The molecule has 27 heavy (non-hydrogen) atoms. The van der Waals surface area contributed by atoms with E-state index in [2.05, 4.69) is 33.2 Å². The molecule has 2 heterocycles. The predicted molar refractivity (Wildman–Crippen MR) is 105 cm³/mol. The molecule has 0 saturated heterocycles. The van der Waals surface area contributed by atoms with Crippen molar-refractivity contribution < 1.29 is 9.47 Å². The number of pyridine rings is 1. The number of aromatic nitrogens is 3. The average molecular weight is 357 g/mol. The van der Waals surface area contributed by atoms with Gasteiger partial charge in [-0.25, -0.2) is 9.97 Å². The summed E-state index contributed by atoms with van der Waals surface area (Å²) in [6, 6.07) is 18.1. The Labute approximate surface area is 157 Å². The topological polar surface area (TPSA) is 57.1 Å². The van der Waals surface area contributed by atoms with E-state index in [-0.39, 0.29) is 0 Å². The van der Waals surface area contributed by atoms with Crippen molar-refractivity contribution in [1.82, 2.24) is 15.0 Å². The first kappa shape index (κ1) is 17.0. The third-order valence-electron chi connectivity index (χ3n) is 4.48. The monoisotopic (exact) mass is 357 g/mol. The molecule has 0 saturated carbocycles. The van der Waals surface area contributed by atoms with E-state index in [9.17, 15) is 0 Å². The zero-order chi connectivity index (χ0) is 18.6. The molecule has 0 aliphatic heterocycles. The Morgan fingerprint density at radius 2 is 1.67 bits per heavy atom. The van der Waals surface area contributed by atoms with E-state index < -0.39 is 0 Å². The van der Waals surface area contributed by atoms with E-state index in [0.717, 1.165) is 33.4 Å². The molecule has 134 valence electrons. The van der Waals surface area contributed by atoms with Crippen molar-refractivity contribution in [1.29, 1.82) is 0 Å². The Hall–Kier alpha value is -3.47. The van der Waals surface area contributed by atoms with Crippen LogP contribution in [0.25, 0.3) is 22.2 Å². The van der Waals surface area contributed by atoms with Crippen LogP contribution in [0, 0.1) is 0 Å². The van der Waals surface area contributed by atoms with E-state index in [1.54, 1.807) is 26.7 Å². The minimum atomic E-state index is 0.659. The molecular weight excluding hydrogens is 338 g/mol. The second kappa shape index (κ2) is 7.41. The molecule has 4 aromatic rings. The highest BCUT2D eigenvalue weighted by molar-refractivity contribution is 5.84. The fourth-order valence-corrected chi connectivity index (χ4v) is 3.14. The number of nitrogens with zero attached hydrogens (tertiary/aromatic N) is 3. The molecule has 0 aliphatic carbocycles. The normalized spacial score (nSPS) is 10.7. The largest absolute Gasteiger partial charge is 0.493 e. The van der Waals surface area contributed by atoms with Crippen LogP contribution < -0.4 is 9.47 Å². The van der Waals surface area contributed by atoms with Gasteiger partial charge in [-0.05, 0) is 29.8 Å². The van der Waals surface area contributed by atoms with E-state index in [4.69, 9.17) is 9.47 Å². The van der Waals surface area contributed by atoms with E-state index in [1.807, 2.05) is 36.4 Å². The van der Waals surface area contributed by atoms with Gasteiger partial charge < -0.3 is 9.47 Å². The fourth-order valence-electron chi connectivity index (χ4n) is 3.14. The summed E-state index contributed by atoms with van der Waals surface area (Å²) in [4.78, 5) is 13.3. The number of fused-ring (bicyclic) bond motifs is 1. The Bertz CT molecular complexity index is 1080. The molecule has 0 amide bonds. The molecule has 0 bridgehead atoms. The summed E-state index contributed by atoms with van der Waals surface area (Å²) < 4.78 is 10.8. The lowest BCUT2D eigenvalue weighted by atomic mass is 10.0. The van der Waals surface area contributed by atoms with Crippen molar-refractivity contribution in [2.45, 2.75) is 6.42 Å². The highest BCUT2D eigenvalue weighted by atomic mass is 16.5. The van der Waals surface area contributed by atoms with Crippen molar-refractivity contribution in [2.75, 3.05) is 14.2 Å². The zero-order valence-electron chi connectivity index (χ0n) is 15.2. The number of methoxy groups -OCH3 is 2. The quantitative estimate of drug-likeness (QED) is 0.533. The number of rotatable bonds is 5. The maximum atomic E-state index is 5.44. The van der Waals surface area contributed by atoms with Gasteiger partial charge in [-0.2, -0.15) is 0 Å². The smallest absolute Gasteiger partial charge is 0.162 e. The molecule has 0 unspecified atom stereocenters. The second-order valence-electron chi connectivity index (χ2n) is 6.14. The van der Waals surface area contributed by atoms with Crippen LogP contribution in [0.3, 0.4) is 0 Å². The van der Waals surface area contributed by atoms with Crippen LogP contribution in [-0.4, -0.2) is 29.2 Å². The molecule has 0 spiro atoms. The van der Waals surface area contributed by atoms with Crippen molar-refractivity contribution in [3.8, 4) is 22.8 Å². The minimum Gasteiger partial charge on any atom is -0.493 e. The second-order valence-corrected chi connectivity index (χ2v) is 6.14. The zero-order valence-corrected chi connectivity index (χ0v) is 15.2. The highest BCUT2D eigenvalue weighted by Crippen LogP contribution is 2.32. The Morgan fingerprint density at radius 1 is 0.815 bits per heavy atom. The first-order valence-electron chi connectivity index (χ1n) is 8.64. The minimum absolute atomic E-state index is 0.659. The number of hydrogen-bond donors (Lipinski definition) is 0. The SMILES string of the molecule is COc1cc2ncnc(Cc3cccc(-c4ccccn4)c3)c2cc1OC. The van der Waals surface area contributed by atoms with Crippen LogP contribution in [0.2, 0.25) is 0 Å². The van der Waals surface area contributed by atoms with Crippen LogP contribution in [0.1, 0.15) is 11.3 Å². The van der Waals surface area contributed by atoms with Crippen LogP contribution in [-0.2, 0) is 6.42 Å². The number of benzene rings is 2. The maximum absolute atomic E-state index is 5.44. The van der Waals surface area contributed by atoms with Gasteiger partial charge >= 0.3 is 0 Å². The van der Waals surface area contributed by atoms with Gasteiger partial charge in [0.2, 0.25) is 0 Å². The molecule has 0 fully saturated rings. The number of ether oxygens (including phenoxy) is 2. The van der Waals surface area contributed by atoms with Crippen molar-refractivity contribution in [2.24, 2.45) is 0 Å². The fraction of sp³-hybridized carbons (Fsp3) is 0.136. The van der Waals surface area contributed by atoms with Crippen LogP contribution in [0.15, 0.2) is 67.1 Å². The van der Waals surface area contributed by atoms with Crippen LogP contribution in [0.4, 0.5) is 0 Å². The van der Waals surface area contributed by atoms with Gasteiger partial charge in [0.05, 0.1) is 31.1 Å². The molecule has 0 atom stereocenters. The average Bonchev–Trinajstić information content (AvgIpc) is 2.74. The summed E-state index contributed by atoms with van der Waals surface area (Å²) in [6.45, 7) is 0. The van der Waals surface area contributed by atoms with Gasteiger partial charge in [0, 0.05) is 29.6 Å². The van der Waals surface area contributed by atoms with Gasteiger partial charge in [-0.1, -0.05) is 24.3 Å². The first-order chi connectivity index (χ1) is 13.3. The molecule has 4 rings (SSSR count). The van der Waals surface area contributed by atoms with Crippen LogP contribution >= 0.6 is 0 Å². The molecule has 2 aromatic carbocycles. The van der Waals surface area contributed by atoms with Crippen molar-refractivity contribution >= 4 is 10.9 Å². The summed E-state index contributed by atoms with van der Waals surface area (Å²) in [5, 5.41) is 0.957. The van der Waals surface area contributed by atoms with E-state index in [1.165, 1.54) is 0 Å². The van der Waals surface area contributed by atoms with E-state index >= 15 is 0 Å². The van der Waals surface area contributed by atoms with Crippen molar-refractivity contribution in [3.63, 3.8) is 0 Å². The Morgan fingerprint density at radius 3 is 2.44 bits per heavy atom. The van der Waals surface area contributed by atoms with Crippen molar-refractivity contribution in [3.05, 3.63) is 78.4 Å². The van der Waals surface area contributed by atoms with Gasteiger partial charge in [0.15, 0.2) is 11.5 Å². The van der Waals surface area contributed by atoms with Gasteiger partial charge in [-0.3, -0.25) is 4.98 Å². The summed E-state index contributed by atoms with van der Waals surface area (Å²) in [7, 11) is 3.25. The lowest BCUT2D eigenvalue weighted by molar-refractivity contribution is 0.355. The third-order valence-corrected chi connectivity index (χ3v) is 4.48. The Kier molecular flexibility index (Phi) is 4.66. The van der Waals surface area contributed by atoms with Gasteiger partial charge in [0.1, 0.15) is 6.33 Å². The summed E-state index contributed by atoms with van der Waals surface area (Å²) in [5.74, 6) is 1.33. The molecule has 5 nitrogen and oxygen atoms in total. The van der Waals surface area contributed by atoms with Crippen LogP contribution in [0.5, 0.6) is 11.5 Å². The molecule has 0 radical (unpaired) electrons. The summed E-state index contributed by atoms with van der Waals surface area (Å²) in [6.07, 6.45) is 4.08. The molecular formula is C22H19N3O2. The van der Waals surface area contributed by atoms with E-state index in [0.29, 0.717) is 17.9 Å². The molecule has 5 heteroatoms. The first-order valence-corrected chi connectivity index (χ1v) is 8.64. The lowest BCUT2D eigenvalue weighted by Crippen LogP contribution is -1.98. The Balaban J connectivity index is 1.74. The summed E-state index contributed by atoms with van der Waals surface area (Å²) >= 11 is 0. The predicted octanol–water partition coefficient (Wildman–Crippen LogP) is 4.30. The highest BCUT2D eigenvalue weighted by Gasteiger charge is 2.11. The molecule has 0 N–H and O–H groups in total. The van der Waals surface area contributed by atoms with Gasteiger partial charge in [-0.15, -0.1) is 0 Å². The number of hydrogen-bond acceptors (Lipinski definition) is 5. The molecule has 2 aromatic heterocycles. The lowest BCUT2D eigenvalue weighted by Gasteiger charge is -2.11. The standard InChI is InChI=1S/C22H19N3O2/c1-26-21-12-17-19(24-14-25-20(17)13-22(21)27-2)11-15-6-5-7-16(10-15)18-8-3-4-9-23-18/h3-10,12-14H,11H2,1-2H3.